The molecule has 1 N–H and O–H groups in total. The van der Waals surface area contributed by atoms with Crippen molar-refractivity contribution in [2.75, 3.05) is 5.32 Å². The summed E-state index contributed by atoms with van der Waals surface area (Å²) >= 11 is 12.3. The minimum atomic E-state index is -2.69. The molecule has 1 aliphatic rings. The third-order valence-electron chi connectivity index (χ3n) is 7.67. The van der Waals surface area contributed by atoms with Gasteiger partial charge in [0, 0.05) is 45.6 Å². The van der Waals surface area contributed by atoms with Crippen molar-refractivity contribution in [1.29, 1.82) is 0 Å². The summed E-state index contributed by atoms with van der Waals surface area (Å²) in [5.74, 6) is -0.661. The Kier molecular flexibility index (Phi) is 8.24. The molecule has 2 atom stereocenters. The molecule has 0 saturated heterocycles. The van der Waals surface area contributed by atoms with Gasteiger partial charge < -0.3 is 5.32 Å². The second-order valence-corrected chi connectivity index (χ2v) is 11.4. The number of benzene rings is 2. The lowest BCUT2D eigenvalue weighted by Crippen LogP contribution is -2.27. The van der Waals surface area contributed by atoms with Gasteiger partial charge in [0.1, 0.15) is 0 Å². The van der Waals surface area contributed by atoms with Crippen molar-refractivity contribution in [1.82, 2.24) is 29.5 Å². The lowest BCUT2D eigenvalue weighted by Gasteiger charge is -2.23. The molecule has 6 rings (SSSR count). The van der Waals surface area contributed by atoms with Gasteiger partial charge in [0.15, 0.2) is 5.15 Å². The molecule has 1 aliphatic heterocycles. The van der Waals surface area contributed by atoms with Crippen molar-refractivity contribution in [2.24, 2.45) is 5.92 Å². The Morgan fingerprint density at radius 1 is 0.977 bits per heavy atom. The molecule has 44 heavy (non-hydrogen) atoms. The Hall–Kier alpha value is -4.48. The summed E-state index contributed by atoms with van der Waals surface area (Å²) in [7, 11) is 0. The molecule has 0 fully saturated rings. The molecule has 13 heteroatoms. The third-order valence-corrected chi connectivity index (χ3v) is 8.08. The number of alkyl halides is 2. The van der Waals surface area contributed by atoms with Crippen molar-refractivity contribution < 1.29 is 13.6 Å². The number of pyridine rings is 1. The number of carbonyl (C=O) groups excluding carboxylic acids is 1. The molecule has 0 radical (unpaired) electrons. The number of aromatic nitrogens is 6. The first-order valence-electron chi connectivity index (χ1n) is 13.8. The van der Waals surface area contributed by atoms with Crippen LogP contribution in [-0.4, -0.2) is 35.4 Å². The Morgan fingerprint density at radius 3 is 2.57 bits per heavy atom. The van der Waals surface area contributed by atoms with E-state index < -0.39 is 18.4 Å². The van der Waals surface area contributed by atoms with E-state index in [-0.39, 0.29) is 22.2 Å². The molecule has 224 valence electrons. The number of hydrogen-bond acceptors (Lipinski definition) is 6. The van der Waals surface area contributed by atoms with E-state index in [4.69, 9.17) is 23.2 Å². The van der Waals surface area contributed by atoms with Crippen LogP contribution in [0.3, 0.4) is 0 Å². The number of hydrogen-bond donors (Lipinski definition) is 1. The molecule has 0 aliphatic carbocycles. The van der Waals surface area contributed by atoms with Gasteiger partial charge >= 0.3 is 0 Å². The number of amides is 1. The summed E-state index contributed by atoms with van der Waals surface area (Å²) in [5.41, 5.74) is 3.13. The van der Waals surface area contributed by atoms with Crippen LogP contribution in [0.1, 0.15) is 49.9 Å². The van der Waals surface area contributed by atoms with Gasteiger partial charge in [-0.3, -0.25) is 19.1 Å². The van der Waals surface area contributed by atoms with E-state index in [0.29, 0.717) is 63.7 Å². The highest BCUT2D eigenvalue weighted by Gasteiger charge is 2.24. The van der Waals surface area contributed by atoms with Crippen molar-refractivity contribution in [3.05, 3.63) is 105 Å². The molecule has 9 nitrogen and oxygen atoms in total. The van der Waals surface area contributed by atoms with Gasteiger partial charge in [-0.25, -0.2) is 18.4 Å². The van der Waals surface area contributed by atoms with E-state index in [9.17, 15) is 18.4 Å². The van der Waals surface area contributed by atoms with E-state index in [1.54, 1.807) is 43.5 Å². The summed E-state index contributed by atoms with van der Waals surface area (Å²) < 4.78 is 30.1. The fourth-order valence-corrected chi connectivity index (χ4v) is 5.65. The SMILES string of the molecule is C[C@@H]1CCC[C@H](n2cnc(-c3cc(Cl)ccc3-n3cc(Cl)nn3)cc2=O)c2cc(ccn2)-c2ccc(C(F)F)cc2NC1=O. The highest BCUT2D eigenvalue weighted by atomic mass is 35.5. The topological polar surface area (TPSA) is 108 Å². The molecule has 1 amide bonds. The molecule has 5 aromatic rings. The maximum atomic E-state index is 13.7. The smallest absolute Gasteiger partial charge is 0.263 e. The monoisotopic (exact) mass is 635 g/mol. The molecule has 2 bridgehead atoms. The van der Waals surface area contributed by atoms with Gasteiger partial charge in [-0.2, -0.15) is 0 Å². The first kappa shape index (κ1) is 29.6. The van der Waals surface area contributed by atoms with Gasteiger partial charge in [-0.15, -0.1) is 5.10 Å². The molecular formula is C31H25Cl2F2N7O2. The fourth-order valence-electron chi connectivity index (χ4n) is 5.35. The molecule has 0 saturated carbocycles. The van der Waals surface area contributed by atoms with Gasteiger partial charge in [-0.1, -0.05) is 53.9 Å². The minimum Gasteiger partial charge on any atom is -0.325 e. The zero-order valence-corrected chi connectivity index (χ0v) is 24.8. The quantitative estimate of drug-likeness (QED) is 0.225. The maximum absolute atomic E-state index is 13.7. The van der Waals surface area contributed by atoms with Crippen molar-refractivity contribution in [2.45, 2.75) is 38.7 Å². The summed E-state index contributed by atoms with van der Waals surface area (Å²) in [6.07, 6.45) is 3.53. The van der Waals surface area contributed by atoms with Gasteiger partial charge in [0.2, 0.25) is 5.91 Å². The molecule has 3 aromatic heterocycles. The Bertz CT molecular complexity index is 1930. The van der Waals surface area contributed by atoms with Crippen LogP contribution in [-0.2, 0) is 4.79 Å². The number of anilines is 1. The highest BCUT2D eigenvalue weighted by molar-refractivity contribution is 6.31. The first-order chi connectivity index (χ1) is 21.2. The summed E-state index contributed by atoms with van der Waals surface area (Å²) in [6.45, 7) is 1.79. The number of nitrogens with zero attached hydrogens (tertiary/aromatic N) is 6. The van der Waals surface area contributed by atoms with E-state index in [2.05, 4.69) is 25.6 Å². The summed E-state index contributed by atoms with van der Waals surface area (Å²) in [6, 6.07) is 13.8. The standard InChI is InChI=1S/C31H25Cl2F2N7O2/c1-17-3-2-4-27(25-11-18(9-10-36-25)21-7-5-19(30(34)35)12-24(21)38-31(17)44)41-16-37-23(14-29(41)43)22-13-20(32)6-8-26(22)42-15-28(33)39-40-42/h5-17,27,30H,2-4H2,1H3,(H,38,44)/t17-,27+/m1/s1. The number of nitrogens with one attached hydrogen (secondary N) is 1. The predicted molar refractivity (Wildman–Crippen MR) is 163 cm³/mol. The van der Waals surface area contributed by atoms with Crippen LogP contribution in [0.4, 0.5) is 14.5 Å². The molecular weight excluding hydrogens is 611 g/mol. The van der Waals surface area contributed by atoms with E-state index >= 15 is 0 Å². The van der Waals surface area contributed by atoms with E-state index in [1.807, 2.05) is 6.07 Å². The largest absolute Gasteiger partial charge is 0.325 e. The molecule has 4 heterocycles. The third kappa shape index (κ3) is 5.97. The first-order valence-corrected chi connectivity index (χ1v) is 14.6. The van der Waals surface area contributed by atoms with Crippen LogP contribution >= 0.6 is 23.2 Å². The molecule has 0 unspecified atom stereocenters. The van der Waals surface area contributed by atoms with Crippen molar-refractivity contribution in [3.8, 4) is 28.1 Å². The zero-order valence-electron chi connectivity index (χ0n) is 23.3. The van der Waals surface area contributed by atoms with E-state index in [1.165, 1.54) is 40.0 Å². The predicted octanol–water partition coefficient (Wildman–Crippen LogP) is 7.15. The average molecular weight is 636 g/mol. The maximum Gasteiger partial charge on any atom is 0.263 e. The number of rotatable bonds is 4. The summed E-state index contributed by atoms with van der Waals surface area (Å²) in [5, 5.41) is 11.3. The Balaban J connectivity index is 1.43. The molecule has 0 spiro atoms. The van der Waals surface area contributed by atoms with Crippen LogP contribution in [0, 0.1) is 5.92 Å². The number of fused-ring (bicyclic) bond motifs is 4. The average Bonchev–Trinajstić information content (AvgIpc) is 3.44. The fraction of sp³-hybridized carbons (Fsp3) is 0.226. The lowest BCUT2D eigenvalue weighted by molar-refractivity contribution is -0.119. The number of halogens is 4. The van der Waals surface area contributed by atoms with Crippen molar-refractivity contribution >= 4 is 34.8 Å². The Morgan fingerprint density at radius 2 is 1.82 bits per heavy atom. The summed E-state index contributed by atoms with van der Waals surface area (Å²) in [4.78, 5) is 36.0. The van der Waals surface area contributed by atoms with Gasteiger partial charge in [0.25, 0.3) is 12.0 Å². The van der Waals surface area contributed by atoms with Gasteiger partial charge in [-0.05, 0) is 54.8 Å². The minimum absolute atomic E-state index is 0.191. The van der Waals surface area contributed by atoms with Crippen LogP contribution < -0.4 is 10.9 Å². The van der Waals surface area contributed by atoms with Gasteiger partial charge in [0.05, 0.1) is 35.6 Å². The van der Waals surface area contributed by atoms with Crippen LogP contribution in [0.5, 0.6) is 0 Å². The molecule has 2 aromatic carbocycles. The van der Waals surface area contributed by atoms with E-state index in [0.717, 1.165) is 0 Å². The van der Waals surface area contributed by atoms with Crippen LogP contribution in [0.25, 0.3) is 28.1 Å². The lowest BCUT2D eigenvalue weighted by atomic mass is 9.95. The Labute approximate surface area is 260 Å². The normalized spacial score (nSPS) is 17.0. The number of carbonyl (C=O) groups is 1. The van der Waals surface area contributed by atoms with Crippen LogP contribution in [0.2, 0.25) is 10.2 Å². The van der Waals surface area contributed by atoms with Crippen LogP contribution in [0.15, 0.2) is 78.1 Å². The zero-order chi connectivity index (χ0) is 31.0. The van der Waals surface area contributed by atoms with Crippen molar-refractivity contribution in [3.63, 3.8) is 0 Å². The second kappa shape index (κ2) is 12.3. The highest BCUT2D eigenvalue weighted by Crippen LogP contribution is 2.35. The second-order valence-electron chi connectivity index (χ2n) is 10.6.